The summed E-state index contributed by atoms with van der Waals surface area (Å²) in [6.45, 7) is 2.45. The third kappa shape index (κ3) is 6.95. The van der Waals surface area contributed by atoms with Gasteiger partial charge in [-0.15, -0.1) is 0 Å². The van der Waals surface area contributed by atoms with Crippen LogP contribution in [0.2, 0.25) is 0 Å². The maximum atomic E-state index is 13.3. The van der Waals surface area contributed by atoms with Gasteiger partial charge in [-0.1, -0.05) is 0 Å². The summed E-state index contributed by atoms with van der Waals surface area (Å²) in [5.74, 6) is -3.33. The van der Waals surface area contributed by atoms with Crippen LogP contribution >= 0.6 is 0 Å². The number of nitrogens with one attached hydrogen (secondary N) is 2. The average molecular weight is 497 g/mol. The van der Waals surface area contributed by atoms with Gasteiger partial charge in [0.2, 0.25) is 21.8 Å². The predicted molar refractivity (Wildman–Crippen MR) is 122 cm³/mol. The Morgan fingerprint density at radius 2 is 1.74 bits per heavy atom. The molecule has 2 N–H and O–H groups in total. The van der Waals surface area contributed by atoms with Crippen LogP contribution in [0, 0.1) is 11.6 Å². The minimum absolute atomic E-state index is 0.221. The lowest BCUT2D eigenvalue weighted by Gasteiger charge is -2.28. The van der Waals surface area contributed by atoms with Crippen LogP contribution in [0.4, 0.5) is 20.2 Å². The average Bonchev–Trinajstić information content (AvgIpc) is 2.81. The molecule has 9 nitrogen and oxygen atoms in total. The monoisotopic (exact) mass is 496 g/mol. The van der Waals surface area contributed by atoms with Gasteiger partial charge < -0.3 is 19.9 Å². The molecule has 0 radical (unpaired) electrons. The lowest BCUT2D eigenvalue weighted by atomic mass is 10.2. The van der Waals surface area contributed by atoms with Gasteiger partial charge in [0.1, 0.15) is 0 Å². The zero-order chi connectivity index (χ0) is 24.7. The van der Waals surface area contributed by atoms with Crippen molar-refractivity contribution in [2.45, 2.75) is 11.3 Å². The fourth-order valence-electron chi connectivity index (χ4n) is 3.29. The highest BCUT2D eigenvalue weighted by Crippen LogP contribution is 2.19. The number of ether oxygens (including phenoxy) is 1. The van der Waals surface area contributed by atoms with Crippen LogP contribution in [-0.4, -0.2) is 71.6 Å². The van der Waals surface area contributed by atoms with Gasteiger partial charge in [-0.3, -0.25) is 9.59 Å². The third-order valence-corrected chi connectivity index (χ3v) is 6.62. The standard InChI is InChI=1S/C22H26F2N4O5S/c1-27(22(30)8-9-25-34(31,32)18-6-7-19(23)20(24)14-18)15-21(29)26-16-2-4-17(5-3-16)28-10-12-33-13-11-28/h2-7,14,25H,8-13,15H2,1H3,(H,26,29). The fourth-order valence-corrected chi connectivity index (χ4v) is 4.34. The number of benzene rings is 2. The maximum Gasteiger partial charge on any atom is 0.243 e. The lowest BCUT2D eigenvalue weighted by Crippen LogP contribution is -2.37. The van der Waals surface area contributed by atoms with Crippen LogP contribution in [0.1, 0.15) is 6.42 Å². The molecule has 1 fully saturated rings. The van der Waals surface area contributed by atoms with Crippen molar-refractivity contribution in [3.8, 4) is 0 Å². The van der Waals surface area contributed by atoms with Crippen molar-refractivity contribution in [3.63, 3.8) is 0 Å². The first-order valence-electron chi connectivity index (χ1n) is 10.6. The summed E-state index contributed by atoms with van der Waals surface area (Å²) < 4.78 is 58.1. The quantitative estimate of drug-likeness (QED) is 0.546. The van der Waals surface area contributed by atoms with E-state index in [0.29, 0.717) is 31.0 Å². The van der Waals surface area contributed by atoms with Crippen LogP contribution in [-0.2, 0) is 24.3 Å². The molecule has 0 aliphatic carbocycles. The Hall–Kier alpha value is -3.09. The summed E-state index contributed by atoms with van der Waals surface area (Å²) in [6.07, 6.45) is -0.221. The summed E-state index contributed by atoms with van der Waals surface area (Å²) in [5, 5.41) is 2.72. The molecule has 1 heterocycles. The zero-order valence-electron chi connectivity index (χ0n) is 18.6. The smallest absolute Gasteiger partial charge is 0.243 e. The number of hydrogen-bond acceptors (Lipinski definition) is 6. The van der Waals surface area contributed by atoms with E-state index in [4.69, 9.17) is 4.74 Å². The van der Waals surface area contributed by atoms with Crippen LogP contribution in [0.15, 0.2) is 47.4 Å². The molecule has 2 amide bonds. The van der Waals surface area contributed by atoms with Crippen molar-refractivity contribution in [1.82, 2.24) is 9.62 Å². The van der Waals surface area contributed by atoms with E-state index in [9.17, 15) is 26.8 Å². The highest BCUT2D eigenvalue weighted by Gasteiger charge is 2.18. The molecule has 2 aromatic rings. The number of amides is 2. The van der Waals surface area contributed by atoms with E-state index in [0.717, 1.165) is 24.8 Å². The Labute approximate surface area is 196 Å². The van der Waals surface area contributed by atoms with Crippen molar-refractivity contribution in [1.29, 1.82) is 0 Å². The highest BCUT2D eigenvalue weighted by atomic mass is 32.2. The first kappa shape index (κ1) is 25.5. The van der Waals surface area contributed by atoms with Crippen molar-refractivity contribution in [2.24, 2.45) is 0 Å². The summed E-state index contributed by atoms with van der Waals surface area (Å²) in [4.78, 5) is 27.4. The molecule has 0 unspecified atom stereocenters. The van der Waals surface area contributed by atoms with Gasteiger partial charge in [0.05, 0.1) is 24.7 Å². The van der Waals surface area contributed by atoms with Crippen molar-refractivity contribution >= 4 is 33.2 Å². The molecule has 0 atom stereocenters. The molecular weight excluding hydrogens is 470 g/mol. The Kier molecular flexibility index (Phi) is 8.53. The minimum Gasteiger partial charge on any atom is -0.378 e. The molecule has 1 aliphatic heterocycles. The van der Waals surface area contributed by atoms with Gasteiger partial charge in [-0.2, -0.15) is 0 Å². The molecule has 0 spiro atoms. The lowest BCUT2D eigenvalue weighted by molar-refractivity contribution is -0.133. The van der Waals surface area contributed by atoms with Crippen LogP contribution in [0.3, 0.4) is 0 Å². The fraction of sp³-hybridized carbons (Fsp3) is 0.364. The number of morpholine rings is 1. The van der Waals surface area contributed by atoms with Crippen LogP contribution in [0.5, 0.6) is 0 Å². The second kappa shape index (κ2) is 11.4. The van der Waals surface area contributed by atoms with Crippen molar-refractivity contribution < 1.29 is 31.5 Å². The highest BCUT2D eigenvalue weighted by molar-refractivity contribution is 7.89. The van der Waals surface area contributed by atoms with Crippen molar-refractivity contribution in [2.75, 3.05) is 56.7 Å². The van der Waals surface area contributed by atoms with E-state index in [1.54, 1.807) is 12.1 Å². The third-order valence-electron chi connectivity index (χ3n) is 5.17. The normalized spacial score (nSPS) is 14.0. The Balaban J connectivity index is 1.43. The molecule has 184 valence electrons. The van der Waals surface area contributed by atoms with E-state index in [-0.39, 0.29) is 19.5 Å². The predicted octanol–water partition coefficient (Wildman–Crippen LogP) is 1.57. The molecular formula is C22H26F2N4O5S. The zero-order valence-corrected chi connectivity index (χ0v) is 19.4. The minimum atomic E-state index is -4.11. The summed E-state index contributed by atoms with van der Waals surface area (Å²) in [5.41, 5.74) is 1.61. The SMILES string of the molecule is CN(CC(=O)Nc1ccc(N2CCOCC2)cc1)C(=O)CCNS(=O)(=O)c1ccc(F)c(F)c1. The summed E-state index contributed by atoms with van der Waals surface area (Å²) >= 11 is 0. The van der Waals surface area contributed by atoms with Crippen LogP contribution in [0.25, 0.3) is 0 Å². The molecule has 2 aromatic carbocycles. The van der Waals surface area contributed by atoms with E-state index >= 15 is 0 Å². The van der Waals surface area contributed by atoms with Gasteiger partial charge in [0, 0.05) is 44.5 Å². The van der Waals surface area contributed by atoms with E-state index in [1.807, 2.05) is 12.1 Å². The summed E-state index contributed by atoms with van der Waals surface area (Å²) in [6, 6.07) is 9.53. The topological polar surface area (TPSA) is 108 Å². The number of carbonyl (C=O) groups is 2. The number of hydrogen-bond donors (Lipinski definition) is 2. The van der Waals surface area contributed by atoms with Gasteiger partial charge in [-0.25, -0.2) is 21.9 Å². The van der Waals surface area contributed by atoms with Gasteiger partial charge in [0.25, 0.3) is 0 Å². The molecule has 34 heavy (non-hydrogen) atoms. The first-order valence-corrected chi connectivity index (χ1v) is 12.1. The molecule has 0 bridgehead atoms. The summed E-state index contributed by atoms with van der Waals surface area (Å²) in [7, 11) is -2.69. The van der Waals surface area contributed by atoms with E-state index < -0.39 is 38.4 Å². The molecule has 1 saturated heterocycles. The molecule has 1 aliphatic rings. The van der Waals surface area contributed by atoms with Crippen LogP contribution < -0.4 is 14.9 Å². The molecule has 0 aromatic heterocycles. The number of halogens is 2. The van der Waals surface area contributed by atoms with Gasteiger partial charge >= 0.3 is 0 Å². The number of carbonyl (C=O) groups excluding carboxylic acids is 2. The van der Waals surface area contributed by atoms with Gasteiger partial charge in [0.15, 0.2) is 11.6 Å². The molecule has 12 heteroatoms. The largest absolute Gasteiger partial charge is 0.378 e. The second-order valence-electron chi connectivity index (χ2n) is 7.67. The number of nitrogens with zero attached hydrogens (tertiary/aromatic N) is 2. The van der Waals surface area contributed by atoms with E-state index in [1.165, 1.54) is 11.9 Å². The molecule has 0 saturated carbocycles. The Bertz CT molecular complexity index is 1120. The first-order chi connectivity index (χ1) is 16.2. The number of anilines is 2. The number of likely N-dealkylation sites (N-methyl/N-ethyl adjacent to an activating group) is 1. The Morgan fingerprint density at radius 1 is 1.06 bits per heavy atom. The van der Waals surface area contributed by atoms with E-state index in [2.05, 4.69) is 14.9 Å². The second-order valence-corrected chi connectivity index (χ2v) is 9.43. The number of rotatable bonds is 9. The van der Waals surface area contributed by atoms with Crippen molar-refractivity contribution in [3.05, 3.63) is 54.1 Å². The van der Waals surface area contributed by atoms with Gasteiger partial charge in [-0.05, 0) is 42.5 Å². The maximum absolute atomic E-state index is 13.3. The molecule has 3 rings (SSSR count). The Morgan fingerprint density at radius 3 is 2.38 bits per heavy atom. The number of sulfonamides is 1.